The van der Waals surface area contributed by atoms with Gasteiger partial charge in [0.2, 0.25) is 5.89 Å². The molecule has 142 valence electrons. The first-order valence-electron chi connectivity index (χ1n) is 7.59. The van der Waals surface area contributed by atoms with Gasteiger partial charge in [-0.2, -0.15) is 13.2 Å². The van der Waals surface area contributed by atoms with Gasteiger partial charge in [-0.3, -0.25) is 0 Å². The molecular weight excluding hydrogens is 373 g/mol. The van der Waals surface area contributed by atoms with Gasteiger partial charge in [-0.25, -0.2) is 8.78 Å². The predicted octanol–water partition coefficient (Wildman–Crippen LogP) is 4.80. The fraction of sp³-hybridized carbons (Fsp3) is 0.176. The summed E-state index contributed by atoms with van der Waals surface area (Å²) in [5.41, 5.74) is 0.309. The molecule has 0 saturated carbocycles. The van der Waals surface area contributed by atoms with Gasteiger partial charge in [0.1, 0.15) is 0 Å². The van der Waals surface area contributed by atoms with E-state index in [1.165, 1.54) is 12.1 Å². The van der Waals surface area contributed by atoms with Gasteiger partial charge >= 0.3 is 6.18 Å². The molecule has 10 heteroatoms. The molecule has 1 unspecified atom stereocenters. The monoisotopic (exact) mass is 385 g/mol. The lowest BCUT2D eigenvalue weighted by atomic mass is 10.1. The Bertz CT molecular complexity index is 909. The molecule has 2 aromatic carbocycles. The van der Waals surface area contributed by atoms with E-state index in [0.717, 1.165) is 12.1 Å². The molecule has 0 aliphatic carbocycles. The first-order valence-corrected chi connectivity index (χ1v) is 7.59. The molecule has 1 aromatic heterocycles. The van der Waals surface area contributed by atoms with Crippen molar-refractivity contribution in [3.63, 3.8) is 0 Å². The fourth-order valence-electron chi connectivity index (χ4n) is 2.25. The van der Waals surface area contributed by atoms with Crippen LogP contribution in [0.25, 0.3) is 11.5 Å². The van der Waals surface area contributed by atoms with Crippen molar-refractivity contribution in [3.8, 4) is 11.5 Å². The maximum Gasteiger partial charge on any atom is 0.416 e. The first-order chi connectivity index (χ1) is 12.8. The van der Waals surface area contributed by atoms with Crippen LogP contribution in [0.5, 0.6) is 0 Å². The summed E-state index contributed by atoms with van der Waals surface area (Å²) >= 11 is 0. The number of alkyl halides is 5. The average molecular weight is 385 g/mol. The second kappa shape index (κ2) is 7.31. The van der Waals surface area contributed by atoms with Gasteiger partial charge in [-0.15, -0.1) is 10.2 Å². The highest BCUT2D eigenvalue weighted by Gasteiger charge is 2.30. The van der Waals surface area contributed by atoms with Gasteiger partial charge in [0.05, 0.1) is 16.8 Å². The van der Waals surface area contributed by atoms with E-state index in [9.17, 15) is 27.1 Å². The van der Waals surface area contributed by atoms with E-state index in [2.05, 4.69) is 15.5 Å². The number of aromatic nitrogens is 2. The number of para-hydroxylation sites is 1. The molecule has 5 nitrogen and oxygen atoms in total. The molecule has 0 saturated heterocycles. The van der Waals surface area contributed by atoms with Crippen LogP contribution >= 0.6 is 0 Å². The molecule has 0 amide bonds. The number of aliphatic hydroxyl groups is 1. The molecule has 0 aliphatic heterocycles. The van der Waals surface area contributed by atoms with Gasteiger partial charge in [-0.1, -0.05) is 12.1 Å². The second-order valence-corrected chi connectivity index (χ2v) is 5.47. The Labute approximate surface area is 149 Å². The Morgan fingerprint density at radius 1 is 0.963 bits per heavy atom. The van der Waals surface area contributed by atoms with E-state index in [1.807, 2.05) is 0 Å². The highest BCUT2D eigenvalue weighted by atomic mass is 19.4. The summed E-state index contributed by atoms with van der Waals surface area (Å²) in [4.78, 5) is 0. The molecule has 0 aliphatic rings. The zero-order valence-corrected chi connectivity index (χ0v) is 13.4. The van der Waals surface area contributed by atoms with E-state index in [-0.39, 0.29) is 5.89 Å². The molecule has 0 spiro atoms. The van der Waals surface area contributed by atoms with E-state index in [1.54, 1.807) is 24.3 Å². The molecular formula is C17H12F5N3O2. The van der Waals surface area contributed by atoms with E-state index in [0.29, 0.717) is 16.9 Å². The highest BCUT2D eigenvalue weighted by Crippen LogP contribution is 2.33. The van der Waals surface area contributed by atoms with Crippen LogP contribution in [0.3, 0.4) is 0 Å². The number of nitrogens with zero attached hydrogens (tertiary/aromatic N) is 2. The summed E-state index contributed by atoms with van der Waals surface area (Å²) in [5.74, 6) is -0.760. The molecule has 0 fully saturated rings. The van der Waals surface area contributed by atoms with Gasteiger partial charge in [0.15, 0.2) is 6.10 Å². The van der Waals surface area contributed by atoms with Crippen molar-refractivity contribution in [1.82, 2.24) is 10.2 Å². The summed E-state index contributed by atoms with van der Waals surface area (Å²) in [6, 6.07) is 10.8. The van der Waals surface area contributed by atoms with Crippen molar-refractivity contribution in [1.29, 1.82) is 0 Å². The minimum atomic E-state index is -4.44. The standard InChI is InChI=1S/C17H12F5N3O2/c18-14(19)13(26)16-25-24-15(27-16)11-3-1-2-4-12(11)23-10-7-5-9(6-8-10)17(20,21)22/h1-8,13-14,23,26H. The van der Waals surface area contributed by atoms with Crippen molar-refractivity contribution >= 4 is 11.4 Å². The van der Waals surface area contributed by atoms with Gasteiger partial charge in [0, 0.05) is 5.69 Å². The topological polar surface area (TPSA) is 71.2 Å². The van der Waals surface area contributed by atoms with Crippen LogP contribution in [0.4, 0.5) is 33.3 Å². The smallest absolute Gasteiger partial charge is 0.416 e. The summed E-state index contributed by atoms with van der Waals surface area (Å²) in [6.07, 6.45) is -9.73. The van der Waals surface area contributed by atoms with Crippen molar-refractivity contribution in [3.05, 3.63) is 60.0 Å². The molecule has 27 heavy (non-hydrogen) atoms. The molecule has 0 radical (unpaired) electrons. The first kappa shape index (κ1) is 18.8. The van der Waals surface area contributed by atoms with Crippen LogP contribution in [0.15, 0.2) is 52.9 Å². The number of rotatable bonds is 5. The highest BCUT2D eigenvalue weighted by molar-refractivity contribution is 5.76. The number of hydrogen-bond donors (Lipinski definition) is 2. The molecule has 3 rings (SSSR count). The summed E-state index contributed by atoms with van der Waals surface area (Å²) in [7, 11) is 0. The lowest BCUT2D eigenvalue weighted by Crippen LogP contribution is -2.08. The Kier molecular flexibility index (Phi) is 5.08. The normalized spacial score (nSPS) is 13.0. The summed E-state index contributed by atoms with van der Waals surface area (Å²) in [6.45, 7) is 0. The van der Waals surface area contributed by atoms with Gasteiger partial charge < -0.3 is 14.8 Å². The van der Waals surface area contributed by atoms with Crippen molar-refractivity contribution in [2.24, 2.45) is 0 Å². The van der Waals surface area contributed by atoms with Gasteiger partial charge in [-0.05, 0) is 36.4 Å². The average Bonchev–Trinajstić information content (AvgIpc) is 3.11. The van der Waals surface area contributed by atoms with Crippen LogP contribution in [0, 0.1) is 0 Å². The third kappa shape index (κ3) is 4.22. The Morgan fingerprint density at radius 3 is 2.26 bits per heavy atom. The number of hydrogen-bond acceptors (Lipinski definition) is 5. The van der Waals surface area contributed by atoms with E-state index in [4.69, 9.17) is 4.42 Å². The van der Waals surface area contributed by atoms with E-state index < -0.39 is 30.2 Å². The van der Waals surface area contributed by atoms with Crippen molar-refractivity contribution in [2.45, 2.75) is 18.7 Å². The quantitative estimate of drug-likeness (QED) is 0.618. The SMILES string of the molecule is OC(c1nnc(-c2ccccc2Nc2ccc(C(F)(F)F)cc2)o1)C(F)F. The van der Waals surface area contributed by atoms with Crippen LogP contribution in [0.2, 0.25) is 0 Å². The Hall–Kier alpha value is -3.01. The molecule has 3 aromatic rings. The molecule has 1 heterocycles. The van der Waals surface area contributed by atoms with Crippen LogP contribution in [0.1, 0.15) is 17.6 Å². The third-order valence-corrected chi connectivity index (χ3v) is 3.58. The minimum Gasteiger partial charge on any atom is -0.418 e. The molecule has 2 N–H and O–H groups in total. The molecule has 1 atom stereocenters. The maximum atomic E-state index is 12.6. The number of anilines is 2. The second-order valence-electron chi connectivity index (χ2n) is 5.47. The predicted molar refractivity (Wildman–Crippen MR) is 85.4 cm³/mol. The van der Waals surface area contributed by atoms with Gasteiger partial charge in [0.25, 0.3) is 12.3 Å². The zero-order chi connectivity index (χ0) is 19.6. The Balaban J connectivity index is 1.87. The van der Waals surface area contributed by atoms with E-state index >= 15 is 0 Å². The fourth-order valence-corrected chi connectivity index (χ4v) is 2.25. The third-order valence-electron chi connectivity index (χ3n) is 3.58. The number of nitrogens with one attached hydrogen (secondary N) is 1. The summed E-state index contributed by atoms with van der Waals surface area (Å²) in [5, 5.41) is 19.2. The number of halogens is 5. The number of benzene rings is 2. The lowest BCUT2D eigenvalue weighted by molar-refractivity contribution is -0.137. The minimum absolute atomic E-state index is 0.125. The summed E-state index contributed by atoms with van der Waals surface area (Å²) < 4.78 is 68.1. The Morgan fingerprint density at radius 2 is 1.63 bits per heavy atom. The largest absolute Gasteiger partial charge is 0.418 e. The lowest BCUT2D eigenvalue weighted by Gasteiger charge is -2.11. The zero-order valence-electron chi connectivity index (χ0n) is 13.4. The maximum absolute atomic E-state index is 12.6. The van der Waals surface area contributed by atoms with Crippen LogP contribution < -0.4 is 5.32 Å². The van der Waals surface area contributed by atoms with Crippen LogP contribution in [-0.4, -0.2) is 21.7 Å². The van der Waals surface area contributed by atoms with Crippen molar-refractivity contribution in [2.75, 3.05) is 5.32 Å². The van der Waals surface area contributed by atoms with Crippen LogP contribution in [-0.2, 0) is 6.18 Å². The number of aliphatic hydroxyl groups excluding tert-OH is 1. The van der Waals surface area contributed by atoms with Crippen molar-refractivity contribution < 1.29 is 31.5 Å². The molecule has 0 bridgehead atoms.